The van der Waals surface area contributed by atoms with E-state index in [1.165, 1.54) is 6.92 Å². The van der Waals surface area contributed by atoms with E-state index in [4.69, 9.17) is 5.73 Å². The van der Waals surface area contributed by atoms with Crippen molar-refractivity contribution in [2.45, 2.75) is 60.4 Å². The van der Waals surface area contributed by atoms with Crippen molar-refractivity contribution in [1.82, 2.24) is 5.32 Å². The summed E-state index contributed by atoms with van der Waals surface area (Å²) in [5.74, 6) is -0.147. The van der Waals surface area contributed by atoms with Crippen LogP contribution in [0.1, 0.15) is 54.4 Å². The van der Waals surface area contributed by atoms with Crippen LogP contribution in [0.15, 0.2) is 0 Å². The van der Waals surface area contributed by atoms with Crippen molar-refractivity contribution in [1.29, 1.82) is 0 Å². The minimum absolute atomic E-state index is 0.0396. The number of carbonyl (C=O) groups is 2. The van der Waals surface area contributed by atoms with Crippen molar-refractivity contribution in [3.8, 4) is 0 Å². The molecule has 3 N–H and O–H groups in total. The van der Waals surface area contributed by atoms with Crippen LogP contribution in [0.2, 0.25) is 0 Å². The quantitative estimate of drug-likeness (QED) is 0.760. The van der Waals surface area contributed by atoms with Gasteiger partial charge in [-0.25, -0.2) is 0 Å². The molecule has 1 amide bonds. The summed E-state index contributed by atoms with van der Waals surface area (Å²) < 4.78 is 0. The number of hydrogen-bond donors (Lipinski definition) is 2. The third-order valence-electron chi connectivity index (χ3n) is 1.60. The van der Waals surface area contributed by atoms with Crippen LogP contribution in [0.5, 0.6) is 0 Å². The van der Waals surface area contributed by atoms with Crippen LogP contribution in [0.25, 0.3) is 0 Å². The molecule has 0 spiro atoms. The van der Waals surface area contributed by atoms with Gasteiger partial charge in [0.15, 0.2) is 5.78 Å². The van der Waals surface area contributed by atoms with Gasteiger partial charge in [0.1, 0.15) is 0 Å². The average molecular weight is 232 g/mol. The summed E-state index contributed by atoms with van der Waals surface area (Å²) in [5, 5.41) is 2.60. The molecule has 0 aliphatic rings. The zero-order valence-electron chi connectivity index (χ0n) is 11.6. The molecule has 0 aliphatic heterocycles. The molecular formula is C12H28N2O2. The largest absolute Gasteiger partial charge is 0.346 e. The van der Waals surface area contributed by atoms with E-state index in [9.17, 15) is 9.59 Å². The van der Waals surface area contributed by atoms with Gasteiger partial charge in [0.25, 0.3) is 0 Å². The fourth-order valence-corrected chi connectivity index (χ4v) is 0.840. The standard InChI is InChI=1S/C8H16N2O2.2C2H6/c1-3-8(12)10-7(4-5-9)6(2)11;2*1-2/h7H,3-5,9H2,1-2H3,(H,10,12);2*1-2H3. The number of nitrogens with one attached hydrogen (secondary N) is 1. The summed E-state index contributed by atoms with van der Waals surface area (Å²) in [4.78, 5) is 21.8. The third-order valence-corrected chi connectivity index (χ3v) is 1.60. The monoisotopic (exact) mass is 232 g/mol. The average Bonchev–Trinajstić information content (AvgIpc) is 2.33. The number of Topliss-reactive ketones (excluding diaryl/α,β-unsaturated/α-hetero) is 1. The van der Waals surface area contributed by atoms with Crippen LogP contribution in [0.4, 0.5) is 0 Å². The molecule has 0 bridgehead atoms. The van der Waals surface area contributed by atoms with Crippen molar-refractivity contribution >= 4 is 11.7 Å². The molecule has 98 valence electrons. The van der Waals surface area contributed by atoms with Gasteiger partial charge in [0, 0.05) is 6.42 Å². The highest BCUT2D eigenvalue weighted by atomic mass is 16.2. The van der Waals surface area contributed by atoms with E-state index < -0.39 is 6.04 Å². The first-order valence-electron chi connectivity index (χ1n) is 6.11. The second kappa shape index (κ2) is 16.5. The van der Waals surface area contributed by atoms with Crippen molar-refractivity contribution in [2.24, 2.45) is 5.73 Å². The van der Waals surface area contributed by atoms with E-state index in [2.05, 4.69) is 5.32 Å². The Labute approximate surface area is 100.0 Å². The number of hydrogen-bond acceptors (Lipinski definition) is 3. The molecule has 0 heterocycles. The van der Waals surface area contributed by atoms with E-state index in [-0.39, 0.29) is 11.7 Å². The number of carbonyl (C=O) groups excluding carboxylic acids is 2. The van der Waals surface area contributed by atoms with Gasteiger partial charge in [-0.05, 0) is 19.9 Å². The minimum Gasteiger partial charge on any atom is -0.346 e. The number of rotatable bonds is 5. The van der Waals surface area contributed by atoms with Gasteiger partial charge in [-0.2, -0.15) is 0 Å². The molecule has 0 aromatic heterocycles. The van der Waals surface area contributed by atoms with E-state index in [1.807, 2.05) is 27.7 Å². The molecule has 0 aliphatic carbocycles. The highest BCUT2D eigenvalue weighted by Gasteiger charge is 2.14. The molecule has 0 rings (SSSR count). The van der Waals surface area contributed by atoms with Crippen LogP contribution in [0, 0.1) is 0 Å². The van der Waals surface area contributed by atoms with E-state index in [1.54, 1.807) is 6.92 Å². The van der Waals surface area contributed by atoms with Gasteiger partial charge in [-0.15, -0.1) is 0 Å². The first-order valence-corrected chi connectivity index (χ1v) is 6.11. The molecule has 0 saturated heterocycles. The zero-order valence-corrected chi connectivity index (χ0v) is 11.6. The Hall–Kier alpha value is -0.900. The van der Waals surface area contributed by atoms with Crippen LogP contribution in [-0.2, 0) is 9.59 Å². The maximum atomic E-state index is 10.9. The Morgan fingerprint density at radius 1 is 1.19 bits per heavy atom. The molecular weight excluding hydrogens is 204 g/mol. The molecule has 0 aromatic rings. The molecule has 1 unspecified atom stereocenters. The van der Waals surface area contributed by atoms with Gasteiger partial charge in [-0.3, -0.25) is 9.59 Å². The van der Waals surface area contributed by atoms with Crippen LogP contribution in [0.3, 0.4) is 0 Å². The summed E-state index contributed by atoms with van der Waals surface area (Å²) in [6.07, 6.45) is 0.912. The summed E-state index contributed by atoms with van der Waals surface area (Å²) >= 11 is 0. The first-order chi connectivity index (χ1) is 7.61. The predicted octanol–water partition coefficient (Wildman–Crippen LogP) is 1.87. The molecule has 0 radical (unpaired) electrons. The van der Waals surface area contributed by atoms with Crippen molar-refractivity contribution in [3.63, 3.8) is 0 Å². The lowest BCUT2D eigenvalue weighted by Gasteiger charge is -2.13. The molecule has 4 heteroatoms. The molecule has 0 fully saturated rings. The third kappa shape index (κ3) is 13.1. The Bertz CT molecular complexity index is 168. The van der Waals surface area contributed by atoms with Gasteiger partial charge < -0.3 is 11.1 Å². The summed E-state index contributed by atoms with van der Waals surface area (Å²) in [7, 11) is 0. The van der Waals surface area contributed by atoms with E-state index >= 15 is 0 Å². The van der Waals surface area contributed by atoms with Gasteiger partial charge in [0.2, 0.25) is 5.91 Å². The van der Waals surface area contributed by atoms with Crippen molar-refractivity contribution in [2.75, 3.05) is 6.54 Å². The lowest BCUT2D eigenvalue weighted by Crippen LogP contribution is -2.40. The van der Waals surface area contributed by atoms with Crippen molar-refractivity contribution in [3.05, 3.63) is 0 Å². The lowest BCUT2D eigenvalue weighted by molar-refractivity contribution is -0.126. The Kier molecular flexibility index (Phi) is 21.2. The second-order valence-electron chi connectivity index (χ2n) is 2.66. The Morgan fingerprint density at radius 2 is 1.62 bits per heavy atom. The summed E-state index contributed by atoms with van der Waals surface area (Å²) in [6.45, 7) is 11.6. The molecule has 4 nitrogen and oxygen atoms in total. The van der Waals surface area contributed by atoms with E-state index in [0.717, 1.165) is 0 Å². The molecule has 16 heavy (non-hydrogen) atoms. The Balaban J connectivity index is -0.000000376. The maximum Gasteiger partial charge on any atom is 0.220 e. The van der Waals surface area contributed by atoms with Crippen LogP contribution >= 0.6 is 0 Å². The van der Waals surface area contributed by atoms with Gasteiger partial charge in [0.05, 0.1) is 6.04 Å². The van der Waals surface area contributed by atoms with Crippen LogP contribution < -0.4 is 11.1 Å². The maximum absolute atomic E-state index is 10.9. The minimum atomic E-state index is -0.401. The van der Waals surface area contributed by atoms with E-state index in [0.29, 0.717) is 19.4 Å². The highest BCUT2D eigenvalue weighted by molar-refractivity contribution is 5.87. The van der Waals surface area contributed by atoms with Crippen molar-refractivity contribution < 1.29 is 9.59 Å². The Morgan fingerprint density at radius 3 is 1.88 bits per heavy atom. The smallest absolute Gasteiger partial charge is 0.220 e. The predicted molar refractivity (Wildman–Crippen MR) is 69.3 cm³/mol. The fourth-order valence-electron chi connectivity index (χ4n) is 0.840. The molecule has 0 saturated carbocycles. The molecule has 0 aromatic carbocycles. The topological polar surface area (TPSA) is 72.2 Å². The first kappa shape index (κ1) is 20.5. The SMILES string of the molecule is CC.CC.CCC(=O)NC(CCN)C(C)=O. The highest BCUT2D eigenvalue weighted by Crippen LogP contribution is 1.92. The van der Waals surface area contributed by atoms with Crippen LogP contribution in [-0.4, -0.2) is 24.3 Å². The number of nitrogens with two attached hydrogens (primary N) is 1. The second-order valence-corrected chi connectivity index (χ2v) is 2.66. The molecule has 1 atom stereocenters. The number of ketones is 1. The summed E-state index contributed by atoms with van der Waals surface area (Å²) in [5.41, 5.74) is 5.28. The number of amides is 1. The fraction of sp³-hybridized carbons (Fsp3) is 0.833. The normalized spacial score (nSPS) is 9.94. The zero-order chi connectivity index (χ0) is 13.6. The lowest BCUT2D eigenvalue weighted by atomic mass is 10.1. The summed E-state index contributed by atoms with van der Waals surface area (Å²) in [6, 6.07) is -0.401. The van der Waals surface area contributed by atoms with Gasteiger partial charge in [-0.1, -0.05) is 34.6 Å². The van der Waals surface area contributed by atoms with Gasteiger partial charge >= 0.3 is 0 Å².